The maximum absolute atomic E-state index is 4.15. The van der Waals surface area contributed by atoms with Crippen molar-refractivity contribution in [2.24, 2.45) is 10.2 Å². The maximum atomic E-state index is 4.15. The normalized spacial score (nSPS) is 30.9. The van der Waals surface area contributed by atoms with E-state index in [0.717, 1.165) is 12.4 Å². The van der Waals surface area contributed by atoms with Gasteiger partial charge in [0.2, 0.25) is 5.84 Å². The summed E-state index contributed by atoms with van der Waals surface area (Å²) in [4.78, 5) is 0. The SMILES string of the molecule is CC1=NN2C[C@@H]2[N+](C)=N1. The lowest BCUT2D eigenvalue weighted by Gasteiger charge is -1.98. The van der Waals surface area contributed by atoms with Crippen LogP contribution in [0.4, 0.5) is 0 Å². The molecule has 1 saturated heterocycles. The Bertz CT molecular complexity index is 205. The van der Waals surface area contributed by atoms with E-state index in [2.05, 4.69) is 10.2 Å². The number of rotatable bonds is 0. The third-order valence-electron chi connectivity index (χ3n) is 1.57. The minimum absolute atomic E-state index is 0.466. The Morgan fingerprint density at radius 3 is 3.22 bits per heavy atom. The summed E-state index contributed by atoms with van der Waals surface area (Å²) < 4.78 is 1.95. The molecule has 48 valence electrons. The smallest absolute Gasteiger partial charge is 0.221 e. The molecule has 2 aliphatic heterocycles. The molecule has 0 aliphatic carbocycles. The Hall–Kier alpha value is -0.930. The molecule has 2 aliphatic rings. The van der Waals surface area contributed by atoms with E-state index in [1.807, 2.05) is 23.7 Å². The van der Waals surface area contributed by atoms with Crippen molar-refractivity contribution in [3.63, 3.8) is 0 Å². The van der Waals surface area contributed by atoms with Crippen LogP contribution in [0, 0.1) is 0 Å². The van der Waals surface area contributed by atoms with E-state index in [1.165, 1.54) is 0 Å². The Kier molecular flexibility index (Phi) is 0.717. The maximum Gasteiger partial charge on any atom is 0.287 e. The molecule has 0 aromatic heterocycles. The van der Waals surface area contributed by atoms with Gasteiger partial charge >= 0.3 is 0 Å². The predicted molar refractivity (Wildman–Crippen MR) is 32.2 cm³/mol. The summed E-state index contributed by atoms with van der Waals surface area (Å²) in [5.74, 6) is 0.853. The van der Waals surface area contributed by atoms with Crippen molar-refractivity contribution >= 4 is 5.84 Å². The predicted octanol–water partition coefficient (Wildman–Crippen LogP) is 0.0696. The van der Waals surface area contributed by atoms with E-state index >= 15 is 0 Å². The summed E-state index contributed by atoms with van der Waals surface area (Å²) >= 11 is 0. The van der Waals surface area contributed by atoms with Gasteiger partial charge in [-0.05, 0) is 0 Å². The number of hydrogen-bond donors (Lipinski definition) is 0. The molecule has 0 radical (unpaired) electrons. The Morgan fingerprint density at radius 1 is 1.78 bits per heavy atom. The van der Waals surface area contributed by atoms with Crippen LogP contribution < -0.4 is 0 Å². The van der Waals surface area contributed by atoms with Crippen LogP contribution in [0.25, 0.3) is 0 Å². The quantitative estimate of drug-likeness (QED) is 0.333. The second-order valence-electron chi connectivity index (χ2n) is 2.42. The number of nitrogens with zero attached hydrogens (tertiary/aromatic N) is 4. The Balaban J connectivity index is 2.32. The second kappa shape index (κ2) is 1.32. The fraction of sp³-hybridized carbons (Fsp3) is 0.800. The van der Waals surface area contributed by atoms with Crippen molar-refractivity contribution in [1.29, 1.82) is 0 Å². The first-order valence-corrected chi connectivity index (χ1v) is 3.04. The fourth-order valence-electron chi connectivity index (χ4n) is 1.04. The van der Waals surface area contributed by atoms with E-state index in [1.54, 1.807) is 0 Å². The van der Waals surface area contributed by atoms with Gasteiger partial charge < -0.3 is 0 Å². The van der Waals surface area contributed by atoms with Crippen molar-refractivity contribution in [2.75, 3.05) is 13.6 Å². The number of fused-ring (bicyclic) bond motifs is 1. The molecular formula is C5H9N4+. The molecule has 0 amide bonds. The molecule has 4 heteroatoms. The summed E-state index contributed by atoms with van der Waals surface area (Å²) in [6.07, 6.45) is 0.466. The molecule has 0 aromatic rings. The van der Waals surface area contributed by atoms with Gasteiger partial charge in [-0.15, -0.1) is 0 Å². The summed E-state index contributed by atoms with van der Waals surface area (Å²) in [5, 5.41) is 10.3. The molecule has 0 bridgehead atoms. The summed E-state index contributed by atoms with van der Waals surface area (Å²) in [5.41, 5.74) is 0. The third-order valence-corrected chi connectivity index (χ3v) is 1.57. The fourth-order valence-corrected chi connectivity index (χ4v) is 1.04. The minimum Gasteiger partial charge on any atom is -0.221 e. The largest absolute Gasteiger partial charge is 0.287 e. The van der Waals surface area contributed by atoms with E-state index in [9.17, 15) is 0 Å². The average Bonchev–Trinajstić information content (AvgIpc) is 2.43. The molecule has 4 nitrogen and oxygen atoms in total. The van der Waals surface area contributed by atoms with Gasteiger partial charge in [-0.1, -0.05) is 4.70 Å². The molecule has 2 rings (SSSR count). The van der Waals surface area contributed by atoms with Crippen LogP contribution in [0.2, 0.25) is 0 Å². The van der Waals surface area contributed by atoms with Gasteiger partial charge in [0.25, 0.3) is 6.17 Å². The zero-order valence-electron chi connectivity index (χ0n) is 5.57. The third kappa shape index (κ3) is 0.624. The topological polar surface area (TPSA) is 30.7 Å². The van der Waals surface area contributed by atoms with Gasteiger partial charge in [0.05, 0.1) is 0 Å². The molecular weight excluding hydrogens is 116 g/mol. The van der Waals surface area contributed by atoms with Gasteiger partial charge in [0, 0.05) is 12.0 Å². The van der Waals surface area contributed by atoms with Gasteiger partial charge in [-0.25, -0.2) is 5.01 Å². The van der Waals surface area contributed by atoms with Gasteiger partial charge in [-0.3, -0.25) is 0 Å². The molecule has 0 aromatic carbocycles. The highest BCUT2D eigenvalue weighted by Crippen LogP contribution is 2.21. The Labute approximate surface area is 53.5 Å². The summed E-state index contributed by atoms with van der Waals surface area (Å²) in [7, 11) is 1.98. The number of azo groups is 2. The molecule has 0 saturated carbocycles. The van der Waals surface area contributed by atoms with Crippen LogP contribution in [0.1, 0.15) is 6.92 Å². The molecule has 0 unspecified atom stereocenters. The van der Waals surface area contributed by atoms with Crippen molar-refractivity contribution in [3.8, 4) is 0 Å². The first-order chi connectivity index (χ1) is 4.27. The zero-order chi connectivity index (χ0) is 6.43. The lowest BCUT2D eigenvalue weighted by molar-refractivity contribution is -0.584. The lowest BCUT2D eigenvalue weighted by Crippen LogP contribution is -2.17. The first kappa shape index (κ1) is 4.90. The van der Waals surface area contributed by atoms with Crippen LogP contribution >= 0.6 is 0 Å². The summed E-state index contributed by atoms with van der Waals surface area (Å²) in [6, 6.07) is 0. The van der Waals surface area contributed by atoms with Crippen molar-refractivity contribution in [3.05, 3.63) is 0 Å². The standard InChI is InChI=1S/C5H9N4/c1-4-6-8(2)5-3-9(5)7-4/h5H,3H2,1-2H3/q+1/t5-/m1/s1. The highest BCUT2D eigenvalue weighted by Gasteiger charge is 2.46. The number of amidine groups is 1. The average molecular weight is 125 g/mol. The van der Waals surface area contributed by atoms with Crippen LogP contribution in [-0.2, 0) is 0 Å². The molecule has 9 heavy (non-hydrogen) atoms. The number of hydrogen-bond acceptors (Lipinski definition) is 3. The van der Waals surface area contributed by atoms with E-state index in [-0.39, 0.29) is 0 Å². The summed E-state index contributed by atoms with van der Waals surface area (Å²) in [6.45, 7) is 2.95. The van der Waals surface area contributed by atoms with Crippen LogP contribution in [-0.4, -0.2) is 35.3 Å². The lowest BCUT2D eigenvalue weighted by atomic mass is 10.7. The highest BCUT2D eigenvalue weighted by atomic mass is 15.7. The van der Waals surface area contributed by atoms with Crippen LogP contribution in [0.3, 0.4) is 0 Å². The monoisotopic (exact) mass is 125 g/mol. The molecule has 1 fully saturated rings. The molecule has 2 heterocycles. The van der Waals surface area contributed by atoms with Crippen molar-refractivity contribution in [2.45, 2.75) is 13.1 Å². The van der Waals surface area contributed by atoms with Gasteiger partial charge in [0.15, 0.2) is 7.05 Å². The molecule has 1 atom stereocenters. The molecule has 0 spiro atoms. The zero-order valence-corrected chi connectivity index (χ0v) is 5.57. The van der Waals surface area contributed by atoms with Gasteiger partial charge in [0.1, 0.15) is 6.54 Å². The van der Waals surface area contributed by atoms with Gasteiger partial charge in [-0.2, -0.15) is 5.10 Å². The van der Waals surface area contributed by atoms with E-state index in [0.29, 0.717) is 6.17 Å². The van der Waals surface area contributed by atoms with Crippen LogP contribution in [0.5, 0.6) is 0 Å². The highest BCUT2D eigenvalue weighted by molar-refractivity contribution is 5.79. The second-order valence-corrected chi connectivity index (χ2v) is 2.42. The van der Waals surface area contributed by atoms with E-state index < -0.39 is 0 Å². The van der Waals surface area contributed by atoms with Crippen molar-refractivity contribution < 1.29 is 4.70 Å². The number of hydrazone groups is 1. The number of likely N-dealkylation sites (N-methyl/N-ethyl adjacent to an activating group) is 1. The first-order valence-electron chi connectivity index (χ1n) is 3.04. The van der Waals surface area contributed by atoms with Crippen molar-refractivity contribution in [1.82, 2.24) is 5.01 Å². The van der Waals surface area contributed by atoms with E-state index in [4.69, 9.17) is 0 Å². The molecule has 0 N–H and O–H groups in total. The minimum atomic E-state index is 0.466. The van der Waals surface area contributed by atoms with Crippen LogP contribution in [0.15, 0.2) is 10.2 Å². The Morgan fingerprint density at radius 2 is 2.56 bits per heavy atom.